The highest BCUT2D eigenvalue weighted by atomic mass is 16.1. The second-order valence-corrected chi connectivity index (χ2v) is 3.70. The quantitative estimate of drug-likeness (QED) is 0.631. The van der Waals surface area contributed by atoms with Crippen molar-refractivity contribution in [1.82, 2.24) is 0 Å². The molecule has 0 unspecified atom stereocenters. The molecule has 0 bridgehead atoms. The summed E-state index contributed by atoms with van der Waals surface area (Å²) in [6.07, 6.45) is 1.80. The molecule has 2 rings (SSSR count). The first-order valence-electron chi connectivity index (χ1n) is 5.39. The molecule has 0 atom stereocenters. The van der Waals surface area contributed by atoms with E-state index in [-0.39, 0.29) is 0 Å². The third-order valence-corrected chi connectivity index (χ3v) is 2.46. The van der Waals surface area contributed by atoms with Gasteiger partial charge in [-0.1, -0.05) is 60.7 Å². The summed E-state index contributed by atoms with van der Waals surface area (Å²) < 4.78 is 0. The van der Waals surface area contributed by atoms with E-state index in [1.807, 2.05) is 60.7 Å². The maximum Gasteiger partial charge on any atom is 0.249 e. The Kier molecular flexibility index (Phi) is 3.36. The van der Waals surface area contributed by atoms with Crippen LogP contribution in [0.3, 0.4) is 0 Å². The number of carbonyl (C=O) groups is 1. The van der Waals surface area contributed by atoms with Gasteiger partial charge in [0.05, 0.1) is 0 Å². The first kappa shape index (κ1) is 11.1. The Bertz CT molecular complexity index is 529. The third kappa shape index (κ3) is 2.82. The number of amides is 1. The van der Waals surface area contributed by atoms with E-state index in [0.717, 1.165) is 11.1 Å². The molecule has 17 heavy (non-hydrogen) atoms. The summed E-state index contributed by atoms with van der Waals surface area (Å²) in [7, 11) is 0. The molecule has 0 saturated carbocycles. The average molecular weight is 223 g/mol. The van der Waals surface area contributed by atoms with Crippen LogP contribution in [0, 0.1) is 0 Å². The van der Waals surface area contributed by atoms with Crippen molar-refractivity contribution in [2.75, 3.05) is 0 Å². The zero-order chi connectivity index (χ0) is 12.1. The lowest BCUT2D eigenvalue weighted by Gasteiger charge is -2.03. The summed E-state index contributed by atoms with van der Waals surface area (Å²) in [4.78, 5) is 11.5. The van der Waals surface area contributed by atoms with Gasteiger partial charge in [0.25, 0.3) is 0 Å². The van der Waals surface area contributed by atoms with Gasteiger partial charge in [-0.15, -0.1) is 0 Å². The Morgan fingerprint density at radius 1 is 0.882 bits per heavy atom. The molecule has 2 N–H and O–H groups in total. The largest absolute Gasteiger partial charge is 0.366 e. The third-order valence-electron chi connectivity index (χ3n) is 2.46. The fraction of sp³-hybridized carbons (Fsp3) is 0. The second kappa shape index (κ2) is 5.12. The molecule has 0 aromatic heterocycles. The van der Waals surface area contributed by atoms with Gasteiger partial charge in [0.2, 0.25) is 5.91 Å². The van der Waals surface area contributed by atoms with Crippen LogP contribution in [0.4, 0.5) is 0 Å². The predicted molar refractivity (Wildman–Crippen MR) is 69.9 cm³/mol. The van der Waals surface area contributed by atoms with E-state index in [1.165, 1.54) is 0 Å². The molecule has 0 spiro atoms. The number of rotatable bonds is 3. The first-order chi connectivity index (χ1) is 8.27. The lowest BCUT2D eigenvalue weighted by atomic mass is 10.0. The lowest BCUT2D eigenvalue weighted by molar-refractivity contribution is -0.112. The van der Waals surface area contributed by atoms with Crippen LogP contribution in [0.15, 0.2) is 60.7 Å². The van der Waals surface area contributed by atoms with Gasteiger partial charge in [0, 0.05) is 5.57 Å². The minimum Gasteiger partial charge on any atom is -0.366 e. The van der Waals surface area contributed by atoms with Crippen molar-refractivity contribution in [3.05, 3.63) is 71.8 Å². The van der Waals surface area contributed by atoms with Crippen molar-refractivity contribution < 1.29 is 4.79 Å². The molecule has 2 heteroatoms. The molecule has 0 aliphatic rings. The maximum absolute atomic E-state index is 11.5. The van der Waals surface area contributed by atoms with E-state index < -0.39 is 5.91 Å². The molecular formula is C15H13NO. The summed E-state index contributed by atoms with van der Waals surface area (Å²) in [5.41, 5.74) is 7.73. The van der Waals surface area contributed by atoms with Gasteiger partial charge in [-0.05, 0) is 17.2 Å². The van der Waals surface area contributed by atoms with Crippen LogP contribution >= 0.6 is 0 Å². The normalized spacial score (nSPS) is 11.2. The molecule has 84 valence electrons. The number of hydrogen-bond acceptors (Lipinski definition) is 1. The van der Waals surface area contributed by atoms with Crippen LogP contribution < -0.4 is 5.73 Å². The summed E-state index contributed by atoms with van der Waals surface area (Å²) in [5, 5.41) is 0. The van der Waals surface area contributed by atoms with Gasteiger partial charge in [-0.3, -0.25) is 4.79 Å². The van der Waals surface area contributed by atoms with Gasteiger partial charge in [0.15, 0.2) is 0 Å². The van der Waals surface area contributed by atoms with E-state index in [9.17, 15) is 4.79 Å². The molecule has 2 aromatic carbocycles. The SMILES string of the molecule is NC(=O)/C(=C/c1ccccc1)c1ccccc1. The molecule has 0 aliphatic heterocycles. The highest BCUT2D eigenvalue weighted by Crippen LogP contribution is 2.17. The van der Waals surface area contributed by atoms with Crippen LogP contribution in [0.25, 0.3) is 11.6 Å². The first-order valence-corrected chi connectivity index (χ1v) is 5.39. The van der Waals surface area contributed by atoms with E-state index in [0.29, 0.717) is 5.57 Å². The van der Waals surface area contributed by atoms with Crippen LogP contribution in [0.2, 0.25) is 0 Å². The van der Waals surface area contributed by atoms with Gasteiger partial charge in [-0.25, -0.2) is 0 Å². The molecule has 1 amide bonds. The van der Waals surface area contributed by atoms with Crippen LogP contribution in [0.1, 0.15) is 11.1 Å². The molecule has 0 saturated heterocycles. The fourth-order valence-electron chi connectivity index (χ4n) is 1.63. The van der Waals surface area contributed by atoms with Crippen molar-refractivity contribution in [2.45, 2.75) is 0 Å². The monoisotopic (exact) mass is 223 g/mol. The molecule has 2 nitrogen and oxygen atoms in total. The van der Waals surface area contributed by atoms with Crippen LogP contribution in [0.5, 0.6) is 0 Å². The van der Waals surface area contributed by atoms with Crippen LogP contribution in [-0.4, -0.2) is 5.91 Å². The molecule has 0 radical (unpaired) electrons. The lowest BCUT2D eigenvalue weighted by Crippen LogP contribution is -2.12. The molecule has 0 heterocycles. The highest BCUT2D eigenvalue weighted by Gasteiger charge is 2.07. The second-order valence-electron chi connectivity index (χ2n) is 3.70. The number of hydrogen-bond donors (Lipinski definition) is 1. The Balaban J connectivity index is 2.44. The smallest absolute Gasteiger partial charge is 0.249 e. The van der Waals surface area contributed by atoms with E-state index >= 15 is 0 Å². The Morgan fingerprint density at radius 2 is 1.41 bits per heavy atom. The summed E-state index contributed by atoms with van der Waals surface area (Å²) in [5.74, 6) is -0.417. The van der Waals surface area contributed by atoms with Crippen LogP contribution in [-0.2, 0) is 4.79 Å². The summed E-state index contributed by atoms with van der Waals surface area (Å²) in [6, 6.07) is 19.1. The van der Waals surface area contributed by atoms with Crippen molar-refractivity contribution in [3.63, 3.8) is 0 Å². The average Bonchev–Trinajstić information content (AvgIpc) is 2.38. The summed E-state index contributed by atoms with van der Waals surface area (Å²) >= 11 is 0. The zero-order valence-electron chi connectivity index (χ0n) is 9.34. The molecular weight excluding hydrogens is 210 g/mol. The fourth-order valence-corrected chi connectivity index (χ4v) is 1.63. The Morgan fingerprint density at radius 3 is 1.94 bits per heavy atom. The number of primary amides is 1. The topological polar surface area (TPSA) is 43.1 Å². The summed E-state index contributed by atoms with van der Waals surface area (Å²) in [6.45, 7) is 0. The van der Waals surface area contributed by atoms with Gasteiger partial charge in [-0.2, -0.15) is 0 Å². The number of benzene rings is 2. The predicted octanol–water partition coefficient (Wildman–Crippen LogP) is 2.71. The number of carbonyl (C=O) groups excluding carboxylic acids is 1. The van der Waals surface area contributed by atoms with Crippen molar-refractivity contribution in [1.29, 1.82) is 0 Å². The van der Waals surface area contributed by atoms with Crippen molar-refractivity contribution in [3.8, 4) is 0 Å². The van der Waals surface area contributed by atoms with E-state index in [1.54, 1.807) is 6.08 Å². The Labute approximate surface area is 100 Å². The van der Waals surface area contributed by atoms with Crippen molar-refractivity contribution >= 4 is 17.6 Å². The minimum atomic E-state index is -0.417. The number of nitrogens with two attached hydrogens (primary N) is 1. The van der Waals surface area contributed by atoms with Gasteiger partial charge < -0.3 is 5.73 Å². The Hall–Kier alpha value is -2.35. The molecule has 0 aliphatic carbocycles. The van der Waals surface area contributed by atoms with Gasteiger partial charge in [0.1, 0.15) is 0 Å². The minimum absolute atomic E-state index is 0.417. The van der Waals surface area contributed by atoms with Gasteiger partial charge >= 0.3 is 0 Å². The molecule has 2 aromatic rings. The zero-order valence-corrected chi connectivity index (χ0v) is 9.34. The molecule has 0 fully saturated rings. The standard InChI is InChI=1S/C15H13NO/c16-15(17)14(13-9-5-2-6-10-13)11-12-7-3-1-4-8-12/h1-11H,(H2,16,17)/b14-11+. The van der Waals surface area contributed by atoms with E-state index in [4.69, 9.17) is 5.73 Å². The van der Waals surface area contributed by atoms with Crippen molar-refractivity contribution in [2.24, 2.45) is 5.73 Å². The van der Waals surface area contributed by atoms with E-state index in [2.05, 4.69) is 0 Å². The maximum atomic E-state index is 11.5. The highest BCUT2D eigenvalue weighted by molar-refractivity contribution is 6.23.